The number of hydrogen-bond donors (Lipinski definition) is 3. The average molecular weight is 583 g/mol. The Bertz CT molecular complexity index is 1900. The van der Waals surface area contributed by atoms with Gasteiger partial charge in [-0.05, 0) is 81.3 Å². The molecule has 1 fully saturated rings. The Morgan fingerprint density at radius 1 is 1.05 bits per heavy atom. The molecule has 1 amide bonds. The van der Waals surface area contributed by atoms with Crippen LogP contribution in [0.5, 0.6) is 0 Å². The Balaban J connectivity index is 1.22. The SMILES string of the molecule is Nc1ncnn2c1c(-c1ccc(NC(=O)c3c4n(n(-c5ccccn5)c3=O)CCCC4)cc1F)cc2[C@H]1CC[C@@H](O)CC1. The Hall–Kier alpha value is -4.84. The Kier molecular flexibility index (Phi) is 6.77. The van der Waals surface area contributed by atoms with Crippen molar-refractivity contribution < 1.29 is 14.3 Å². The molecule has 1 saturated carbocycles. The van der Waals surface area contributed by atoms with E-state index < -0.39 is 17.3 Å². The summed E-state index contributed by atoms with van der Waals surface area (Å²) in [5.74, 6) is -0.345. The number of fused-ring (bicyclic) bond motifs is 2. The summed E-state index contributed by atoms with van der Waals surface area (Å²) in [7, 11) is 0. The summed E-state index contributed by atoms with van der Waals surface area (Å²) in [5.41, 5.74) is 8.95. The van der Waals surface area contributed by atoms with Crippen LogP contribution in [0.2, 0.25) is 0 Å². The van der Waals surface area contributed by atoms with Gasteiger partial charge in [-0.15, -0.1) is 0 Å². The monoisotopic (exact) mass is 582 g/mol. The van der Waals surface area contributed by atoms with Gasteiger partial charge >= 0.3 is 0 Å². The second-order valence-corrected chi connectivity index (χ2v) is 11.2. The van der Waals surface area contributed by atoms with Crippen molar-refractivity contribution in [3.05, 3.63) is 88.1 Å². The van der Waals surface area contributed by atoms with Gasteiger partial charge in [-0.25, -0.2) is 18.9 Å². The third-order valence-electron chi connectivity index (χ3n) is 8.62. The molecule has 220 valence electrons. The first-order valence-electron chi connectivity index (χ1n) is 14.6. The summed E-state index contributed by atoms with van der Waals surface area (Å²) in [6.07, 6.45) is 7.95. The number of anilines is 2. The normalized spacial score (nSPS) is 18.5. The van der Waals surface area contributed by atoms with Crippen molar-refractivity contribution in [1.29, 1.82) is 0 Å². The van der Waals surface area contributed by atoms with Gasteiger partial charge in [0, 0.05) is 41.2 Å². The zero-order valence-electron chi connectivity index (χ0n) is 23.4. The van der Waals surface area contributed by atoms with Crippen LogP contribution in [0.1, 0.15) is 66.2 Å². The Morgan fingerprint density at radius 3 is 2.65 bits per heavy atom. The molecule has 0 spiro atoms. The molecule has 0 unspecified atom stereocenters. The Labute approximate surface area is 245 Å². The molecule has 0 saturated heterocycles. The van der Waals surface area contributed by atoms with Gasteiger partial charge in [0.2, 0.25) is 0 Å². The highest BCUT2D eigenvalue weighted by Crippen LogP contribution is 2.39. The van der Waals surface area contributed by atoms with Crippen molar-refractivity contribution in [2.75, 3.05) is 11.1 Å². The van der Waals surface area contributed by atoms with E-state index in [0.717, 1.165) is 31.4 Å². The Morgan fingerprint density at radius 2 is 1.88 bits per heavy atom. The molecule has 5 aromatic rings. The molecule has 4 N–H and O–H groups in total. The fraction of sp³-hybridized carbons (Fsp3) is 0.323. The lowest BCUT2D eigenvalue weighted by atomic mass is 9.85. The molecule has 0 radical (unpaired) electrons. The van der Waals surface area contributed by atoms with Gasteiger partial charge < -0.3 is 16.2 Å². The average Bonchev–Trinajstić information content (AvgIpc) is 3.54. The van der Waals surface area contributed by atoms with Gasteiger partial charge in [-0.3, -0.25) is 14.3 Å². The van der Waals surface area contributed by atoms with E-state index >= 15 is 4.39 Å². The lowest BCUT2D eigenvalue weighted by Crippen LogP contribution is -2.26. The molecule has 12 heteroatoms. The molecule has 11 nitrogen and oxygen atoms in total. The maximum Gasteiger partial charge on any atom is 0.285 e. The first-order valence-corrected chi connectivity index (χ1v) is 14.6. The number of aromatic nitrogens is 6. The summed E-state index contributed by atoms with van der Waals surface area (Å²) >= 11 is 0. The second kappa shape index (κ2) is 10.8. The van der Waals surface area contributed by atoms with E-state index in [1.165, 1.54) is 17.1 Å². The molecule has 5 heterocycles. The van der Waals surface area contributed by atoms with Crippen LogP contribution in [0.3, 0.4) is 0 Å². The van der Waals surface area contributed by atoms with E-state index in [4.69, 9.17) is 5.73 Å². The predicted molar refractivity (Wildman–Crippen MR) is 159 cm³/mol. The zero-order chi connectivity index (χ0) is 29.7. The van der Waals surface area contributed by atoms with Crippen LogP contribution < -0.4 is 16.6 Å². The summed E-state index contributed by atoms with van der Waals surface area (Å²) in [6.45, 7) is 0.597. The van der Waals surface area contributed by atoms with E-state index in [1.807, 2.05) is 10.7 Å². The fourth-order valence-electron chi connectivity index (χ4n) is 6.53. The van der Waals surface area contributed by atoms with E-state index in [2.05, 4.69) is 20.4 Å². The number of carbonyl (C=O) groups excluding carboxylic acids is 1. The van der Waals surface area contributed by atoms with E-state index in [9.17, 15) is 14.7 Å². The van der Waals surface area contributed by atoms with E-state index in [-0.39, 0.29) is 34.7 Å². The summed E-state index contributed by atoms with van der Waals surface area (Å²) in [5, 5.41) is 17.1. The number of halogens is 1. The number of nitrogens with zero attached hydrogens (tertiary/aromatic N) is 6. The number of hydrogen-bond acceptors (Lipinski definition) is 7. The highest BCUT2D eigenvalue weighted by Gasteiger charge is 2.29. The van der Waals surface area contributed by atoms with Crippen molar-refractivity contribution in [1.82, 2.24) is 28.9 Å². The summed E-state index contributed by atoms with van der Waals surface area (Å²) in [4.78, 5) is 35.5. The first-order chi connectivity index (χ1) is 20.9. The molecule has 43 heavy (non-hydrogen) atoms. The number of aliphatic hydroxyl groups excluding tert-OH is 1. The zero-order valence-corrected chi connectivity index (χ0v) is 23.4. The number of rotatable bonds is 5. The number of nitrogens with one attached hydrogen (secondary N) is 1. The quantitative estimate of drug-likeness (QED) is 0.283. The molecular weight excluding hydrogens is 551 g/mol. The molecule has 0 atom stereocenters. The van der Waals surface area contributed by atoms with Crippen LogP contribution >= 0.6 is 0 Å². The van der Waals surface area contributed by atoms with Crippen molar-refractivity contribution in [3.8, 4) is 16.9 Å². The van der Waals surface area contributed by atoms with Gasteiger partial charge in [-0.1, -0.05) is 6.07 Å². The number of benzene rings is 1. The number of nitrogens with two attached hydrogens (primary N) is 1. The maximum atomic E-state index is 15.8. The van der Waals surface area contributed by atoms with Crippen molar-refractivity contribution in [3.63, 3.8) is 0 Å². The molecule has 0 bridgehead atoms. The molecule has 1 aliphatic heterocycles. The van der Waals surface area contributed by atoms with Gasteiger partial charge in [0.15, 0.2) is 11.6 Å². The van der Waals surface area contributed by atoms with Crippen LogP contribution in [-0.2, 0) is 13.0 Å². The van der Waals surface area contributed by atoms with E-state index in [1.54, 1.807) is 41.0 Å². The minimum atomic E-state index is -0.591. The molecule has 4 aromatic heterocycles. The second-order valence-electron chi connectivity index (χ2n) is 11.2. The number of nitrogen functional groups attached to an aromatic ring is 1. The van der Waals surface area contributed by atoms with Crippen LogP contribution in [0.15, 0.2) is 59.8 Å². The largest absolute Gasteiger partial charge is 0.393 e. The van der Waals surface area contributed by atoms with Crippen LogP contribution in [0.25, 0.3) is 22.5 Å². The number of aliphatic hydroxyl groups is 1. The van der Waals surface area contributed by atoms with E-state index in [0.29, 0.717) is 48.4 Å². The van der Waals surface area contributed by atoms with Crippen molar-refractivity contribution in [2.24, 2.45) is 0 Å². The van der Waals surface area contributed by atoms with Gasteiger partial charge in [0.05, 0.1) is 11.8 Å². The fourth-order valence-corrected chi connectivity index (χ4v) is 6.53. The number of carbonyl (C=O) groups is 1. The lowest BCUT2D eigenvalue weighted by Gasteiger charge is -2.24. The van der Waals surface area contributed by atoms with Gasteiger partial charge in [0.1, 0.15) is 23.2 Å². The molecule has 7 rings (SSSR count). The highest BCUT2D eigenvalue weighted by molar-refractivity contribution is 6.05. The number of pyridine rings is 1. The molecule has 1 aromatic carbocycles. The van der Waals surface area contributed by atoms with Crippen molar-refractivity contribution in [2.45, 2.75) is 63.5 Å². The topological polar surface area (TPSA) is 145 Å². The molecular formula is C31H31FN8O3. The minimum absolute atomic E-state index is 0.0421. The third-order valence-corrected chi connectivity index (χ3v) is 8.62. The molecule has 2 aliphatic rings. The standard InChI is InChI=1S/C31H31FN8O3/c32-23-15-19(37-30(42)27-24-5-2-4-14-38(24)40(31(27)43)26-6-1-3-13-34-26)9-12-21(23)22-16-25(18-7-10-20(41)11-8-18)39-28(22)29(33)35-17-36-39/h1,3,6,9,12-13,15-18,20,41H,2,4-5,7-8,10-11,14H2,(H,37,42)(H2,33,35,36)/t18-,20+. The van der Waals surface area contributed by atoms with Crippen LogP contribution in [0.4, 0.5) is 15.9 Å². The third kappa shape index (κ3) is 4.67. The minimum Gasteiger partial charge on any atom is -0.393 e. The lowest BCUT2D eigenvalue weighted by molar-refractivity contribution is 0.102. The first kappa shape index (κ1) is 27.0. The van der Waals surface area contributed by atoms with Crippen molar-refractivity contribution >= 4 is 22.9 Å². The summed E-state index contributed by atoms with van der Waals surface area (Å²) in [6, 6.07) is 11.6. The highest BCUT2D eigenvalue weighted by atomic mass is 19.1. The van der Waals surface area contributed by atoms with Crippen LogP contribution in [-0.4, -0.2) is 46.1 Å². The molecule has 1 aliphatic carbocycles. The van der Waals surface area contributed by atoms with Crippen LogP contribution in [0, 0.1) is 5.82 Å². The predicted octanol–water partition coefficient (Wildman–Crippen LogP) is 4.07. The smallest absolute Gasteiger partial charge is 0.285 e. The van der Waals surface area contributed by atoms with Gasteiger partial charge in [-0.2, -0.15) is 9.78 Å². The van der Waals surface area contributed by atoms with Gasteiger partial charge in [0.25, 0.3) is 11.5 Å². The maximum absolute atomic E-state index is 15.8. The summed E-state index contributed by atoms with van der Waals surface area (Å²) < 4.78 is 20.8. The number of amides is 1.